The molecule has 1 aromatic carbocycles. The lowest BCUT2D eigenvalue weighted by molar-refractivity contribution is 0.260. The molecule has 7 heteroatoms. The fourth-order valence-electron chi connectivity index (χ4n) is 1.89. The third-order valence-corrected chi connectivity index (χ3v) is 4.73. The Hall–Kier alpha value is -1.41. The summed E-state index contributed by atoms with van der Waals surface area (Å²) in [5, 5.41) is 9.01. The van der Waals surface area contributed by atoms with Crippen LogP contribution in [-0.2, 0) is 16.6 Å². The molecule has 21 heavy (non-hydrogen) atoms. The maximum Gasteiger partial charge on any atom is 0.243 e. The molecule has 0 fully saturated rings. The van der Waals surface area contributed by atoms with E-state index in [0.717, 1.165) is 4.31 Å². The maximum absolute atomic E-state index is 12.5. The summed E-state index contributed by atoms with van der Waals surface area (Å²) in [5.74, 6) is 0.580. The van der Waals surface area contributed by atoms with Crippen molar-refractivity contribution in [1.82, 2.24) is 4.31 Å². The normalized spacial score (nSPS) is 11.6. The van der Waals surface area contributed by atoms with Crippen molar-refractivity contribution in [3.05, 3.63) is 36.4 Å². The van der Waals surface area contributed by atoms with Gasteiger partial charge in [0.25, 0.3) is 0 Å². The third kappa shape index (κ3) is 4.28. The molecule has 0 aliphatic rings. The first-order valence-electron chi connectivity index (χ1n) is 6.68. The van der Waals surface area contributed by atoms with E-state index in [1.165, 1.54) is 18.2 Å². The van der Waals surface area contributed by atoms with E-state index in [1.54, 1.807) is 6.07 Å². The molecule has 0 aliphatic heterocycles. The molecule has 1 aromatic rings. The van der Waals surface area contributed by atoms with Crippen molar-refractivity contribution in [1.29, 1.82) is 0 Å². The Kier molecular flexibility index (Phi) is 6.83. The number of aliphatic hydroxyl groups excluding tert-OH is 1. The van der Waals surface area contributed by atoms with Crippen LogP contribution in [0, 0.1) is 0 Å². The summed E-state index contributed by atoms with van der Waals surface area (Å²) < 4.78 is 31.6. The number of nitrogens with two attached hydrogens (primary N) is 1. The van der Waals surface area contributed by atoms with Gasteiger partial charge in [0.05, 0.1) is 18.1 Å². The van der Waals surface area contributed by atoms with E-state index in [-0.39, 0.29) is 31.1 Å². The van der Waals surface area contributed by atoms with Gasteiger partial charge in [-0.15, -0.1) is 6.58 Å². The molecule has 0 unspecified atom stereocenters. The fourth-order valence-corrected chi connectivity index (χ4v) is 3.34. The number of benzene rings is 1. The second-order valence-corrected chi connectivity index (χ2v) is 6.22. The Morgan fingerprint density at radius 3 is 2.71 bits per heavy atom. The predicted molar refractivity (Wildman–Crippen MR) is 81.5 cm³/mol. The van der Waals surface area contributed by atoms with Gasteiger partial charge in [0.1, 0.15) is 5.75 Å². The SMILES string of the molecule is C=CCN(CCO)S(=O)(=O)c1ccc(OCC)c(CN)c1. The summed E-state index contributed by atoms with van der Waals surface area (Å²) in [6.07, 6.45) is 1.48. The van der Waals surface area contributed by atoms with Gasteiger partial charge < -0.3 is 15.6 Å². The number of hydrogen-bond acceptors (Lipinski definition) is 5. The highest BCUT2D eigenvalue weighted by Gasteiger charge is 2.23. The van der Waals surface area contributed by atoms with Gasteiger partial charge in [-0.3, -0.25) is 0 Å². The third-order valence-electron chi connectivity index (χ3n) is 2.87. The zero-order chi connectivity index (χ0) is 15.9. The van der Waals surface area contributed by atoms with Crippen molar-refractivity contribution < 1.29 is 18.3 Å². The Labute approximate surface area is 125 Å². The van der Waals surface area contributed by atoms with E-state index in [0.29, 0.717) is 17.9 Å². The Balaban J connectivity index is 3.20. The quantitative estimate of drug-likeness (QED) is 0.655. The van der Waals surface area contributed by atoms with Gasteiger partial charge in [0, 0.05) is 25.2 Å². The molecule has 0 radical (unpaired) electrons. The summed E-state index contributed by atoms with van der Waals surface area (Å²) in [4.78, 5) is 0.127. The molecule has 0 aliphatic carbocycles. The molecule has 1 rings (SSSR count). The number of rotatable bonds is 9. The van der Waals surface area contributed by atoms with Gasteiger partial charge in [-0.05, 0) is 25.1 Å². The van der Waals surface area contributed by atoms with Gasteiger partial charge >= 0.3 is 0 Å². The van der Waals surface area contributed by atoms with Crippen molar-refractivity contribution in [2.75, 3.05) is 26.3 Å². The van der Waals surface area contributed by atoms with Crippen molar-refractivity contribution in [3.8, 4) is 5.75 Å². The van der Waals surface area contributed by atoms with Crippen LogP contribution < -0.4 is 10.5 Å². The second kappa shape index (κ2) is 8.14. The minimum absolute atomic E-state index is 0.0134. The molecule has 6 nitrogen and oxygen atoms in total. The average molecular weight is 314 g/mol. The largest absolute Gasteiger partial charge is 0.494 e. The molecule has 3 N–H and O–H groups in total. The topological polar surface area (TPSA) is 92.9 Å². The van der Waals surface area contributed by atoms with Crippen LogP contribution in [0.3, 0.4) is 0 Å². The molecule has 0 heterocycles. The molecule has 0 atom stereocenters. The maximum atomic E-state index is 12.5. The molecule has 0 spiro atoms. The van der Waals surface area contributed by atoms with Crippen molar-refractivity contribution in [3.63, 3.8) is 0 Å². The van der Waals surface area contributed by atoms with Crippen molar-refractivity contribution in [2.45, 2.75) is 18.4 Å². The average Bonchev–Trinajstić information content (AvgIpc) is 2.47. The van der Waals surface area contributed by atoms with Crippen molar-refractivity contribution >= 4 is 10.0 Å². The summed E-state index contributed by atoms with van der Waals surface area (Å²) in [6, 6.07) is 4.59. The standard InChI is InChI=1S/C14H22N2O4S/c1-3-7-16(8-9-17)21(18,19)13-5-6-14(20-4-2)12(10-13)11-15/h3,5-6,10,17H,1,4,7-9,11,15H2,2H3. The Bertz CT molecular complexity index is 572. The number of aliphatic hydroxyl groups is 1. The summed E-state index contributed by atoms with van der Waals surface area (Å²) >= 11 is 0. The van der Waals surface area contributed by atoms with Crippen LogP contribution in [0.2, 0.25) is 0 Å². The van der Waals surface area contributed by atoms with E-state index in [9.17, 15) is 8.42 Å². The number of ether oxygens (including phenoxy) is 1. The van der Waals surface area contributed by atoms with Crippen LogP contribution in [0.25, 0.3) is 0 Å². The summed E-state index contributed by atoms with van der Waals surface area (Å²) in [7, 11) is -3.70. The predicted octanol–water partition coefficient (Wildman–Crippen LogP) is 0.713. The minimum Gasteiger partial charge on any atom is -0.494 e. The lowest BCUT2D eigenvalue weighted by atomic mass is 10.2. The highest BCUT2D eigenvalue weighted by molar-refractivity contribution is 7.89. The van der Waals surface area contributed by atoms with Crippen LogP contribution in [-0.4, -0.2) is 44.1 Å². The highest BCUT2D eigenvalue weighted by Crippen LogP contribution is 2.24. The lowest BCUT2D eigenvalue weighted by Crippen LogP contribution is -2.33. The van der Waals surface area contributed by atoms with E-state index in [4.69, 9.17) is 15.6 Å². The summed E-state index contributed by atoms with van der Waals surface area (Å²) in [6.45, 7) is 5.93. The molecule has 0 saturated carbocycles. The first-order valence-corrected chi connectivity index (χ1v) is 8.13. The fraction of sp³-hybridized carbons (Fsp3) is 0.429. The van der Waals surface area contributed by atoms with E-state index < -0.39 is 10.0 Å². The van der Waals surface area contributed by atoms with Crippen LogP contribution in [0.5, 0.6) is 5.75 Å². The monoisotopic (exact) mass is 314 g/mol. The smallest absolute Gasteiger partial charge is 0.243 e. The van der Waals surface area contributed by atoms with Gasteiger partial charge in [0.15, 0.2) is 0 Å². The molecular weight excluding hydrogens is 292 g/mol. The first kappa shape index (κ1) is 17.6. The molecule has 0 bridgehead atoms. The first-order chi connectivity index (χ1) is 10.0. The molecule has 0 aromatic heterocycles. The van der Waals surface area contributed by atoms with E-state index >= 15 is 0 Å². The van der Waals surface area contributed by atoms with Gasteiger partial charge in [-0.2, -0.15) is 4.31 Å². The molecular formula is C14H22N2O4S. The number of hydrogen-bond donors (Lipinski definition) is 2. The molecule has 118 valence electrons. The van der Waals surface area contributed by atoms with Crippen LogP contribution >= 0.6 is 0 Å². The van der Waals surface area contributed by atoms with Gasteiger partial charge in [-0.1, -0.05) is 6.08 Å². The van der Waals surface area contributed by atoms with Gasteiger partial charge in [0.2, 0.25) is 10.0 Å². The molecule has 0 saturated heterocycles. The molecule has 0 amide bonds. The summed E-state index contributed by atoms with van der Waals surface area (Å²) in [5.41, 5.74) is 6.27. The number of nitrogens with zero attached hydrogens (tertiary/aromatic N) is 1. The highest BCUT2D eigenvalue weighted by atomic mass is 32.2. The Morgan fingerprint density at radius 2 is 2.19 bits per heavy atom. The second-order valence-electron chi connectivity index (χ2n) is 4.28. The van der Waals surface area contributed by atoms with Crippen LogP contribution in [0.1, 0.15) is 12.5 Å². The zero-order valence-electron chi connectivity index (χ0n) is 12.2. The van der Waals surface area contributed by atoms with Crippen LogP contribution in [0.15, 0.2) is 35.7 Å². The zero-order valence-corrected chi connectivity index (χ0v) is 13.0. The van der Waals surface area contributed by atoms with E-state index in [2.05, 4.69) is 6.58 Å². The van der Waals surface area contributed by atoms with Crippen molar-refractivity contribution in [2.24, 2.45) is 5.73 Å². The number of sulfonamides is 1. The van der Waals surface area contributed by atoms with E-state index in [1.807, 2.05) is 6.92 Å². The minimum atomic E-state index is -3.70. The van der Waals surface area contributed by atoms with Crippen LogP contribution in [0.4, 0.5) is 0 Å². The Morgan fingerprint density at radius 1 is 1.48 bits per heavy atom. The van der Waals surface area contributed by atoms with Gasteiger partial charge in [-0.25, -0.2) is 8.42 Å². The lowest BCUT2D eigenvalue weighted by Gasteiger charge is -2.20.